The molecule has 5 nitrogen and oxygen atoms in total. The van der Waals surface area contributed by atoms with Gasteiger partial charge in [-0.25, -0.2) is 0 Å². The highest BCUT2D eigenvalue weighted by Crippen LogP contribution is 2.40. The average molecular weight is 482 g/mol. The molecule has 0 saturated carbocycles. The van der Waals surface area contributed by atoms with Gasteiger partial charge < -0.3 is 18.6 Å². The molecule has 0 unspecified atom stereocenters. The predicted octanol–water partition coefficient (Wildman–Crippen LogP) is 6.59. The molecule has 0 spiro atoms. The smallest absolute Gasteiger partial charge is 0.450 e. The number of fused-ring (bicyclic) bond motifs is 1. The number of benzene rings is 3. The SMILES string of the molecule is COc1ccc(-c2c(C(F)(F)F)oc3cc(OC/C=C/c4ccccc4)ccc3c2=O)cc1OC. The van der Waals surface area contributed by atoms with Gasteiger partial charge in [-0.1, -0.05) is 42.5 Å². The standard InChI is InChI=1S/C27H21F3O5/c1-32-21-13-10-18(15-23(21)33-2)24-25(31)20-12-11-19(16-22(20)35-26(24)27(28,29)30)34-14-6-9-17-7-4-3-5-8-17/h3-13,15-16H,14H2,1-2H3/b9-6+. The van der Waals surface area contributed by atoms with Gasteiger partial charge in [0.05, 0.1) is 25.2 Å². The van der Waals surface area contributed by atoms with Gasteiger partial charge in [0.2, 0.25) is 11.2 Å². The quantitative estimate of drug-likeness (QED) is 0.298. The van der Waals surface area contributed by atoms with Gasteiger partial charge in [0.1, 0.15) is 17.9 Å². The summed E-state index contributed by atoms with van der Waals surface area (Å²) in [6.45, 7) is 0.181. The molecule has 0 amide bonds. The Kier molecular flexibility index (Phi) is 6.82. The average Bonchev–Trinajstić information content (AvgIpc) is 2.86. The van der Waals surface area contributed by atoms with E-state index in [-0.39, 0.29) is 34.6 Å². The number of alkyl halides is 3. The van der Waals surface area contributed by atoms with E-state index in [4.69, 9.17) is 18.6 Å². The summed E-state index contributed by atoms with van der Waals surface area (Å²) < 4.78 is 63.0. The van der Waals surface area contributed by atoms with Crippen molar-refractivity contribution in [2.75, 3.05) is 20.8 Å². The summed E-state index contributed by atoms with van der Waals surface area (Å²) in [5.41, 5.74) is -0.669. The van der Waals surface area contributed by atoms with E-state index in [1.807, 2.05) is 36.4 Å². The Morgan fingerprint density at radius 1 is 0.914 bits per heavy atom. The molecule has 0 aliphatic carbocycles. The van der Waals surface area contributed by atoms with Gasteiger partial charge >= 0.3 is 6.18 Å². The van der Waals surface area contributed by atoms with Crippen LogP contribution in [0.2, 0.25) is 0 Å². The van der Waals surface area contributed by atoms with Crippen LogP contribution in [-0.2, 0) is 6.18 Å². The molecule has 0 atom stereocenters. The summed E-state index contributed by atoms with van der Waals surface area (Å²) in [6.07, 6.45) is -1.28. The summed E-state index contributed by atoms with van der Waals surface area (Å²) in [5.74, 6) is -0.628. The molecule has 0 aliphatic rings. The third kappa shape index (κ3) is 5.16. The third-order valence-electron chi connectivity index (χ3n) is 5.25. The molecule has 180 valence electrons. The van der Waals surface area contributed by atoms with Crippen LogP contribution in [0.15, 0.2) is 82.0 Å². The lowest BCUT2D eigenvalue weighted by Crippen LogP contribution is -2.16. The van der Waals surface area contributed by atoms with E-state index in [0.717, 1.165) is 5.56 Å². The number of ether oxygens (including phenoxy) is 3. The monoisotopic (exact) mass is 482 g/mol. The number of methoxy groups -OCH3 is 2. The van der Waals surface area contributed by atoms with Crippen molar-refractivity contribution in [1.82, 2.24) is 0 Å². The molecule has 0 fully saturated rings. The molecule has 0 bridgehead atoms. The van der Waals surface area contributed by atoms with Crippen molar-refractivity contribution in [3.8, 4) is 28.4 Å². The molecule has 0 aliphatic heterocycles. The first-order valence-electron chi connectivity index (χ1n) is 10.6. The van der Waals surface area contributed by atoms with Gasteiger partial charge in [-0.15, -0.1) is 0 Å². The normalized spacial score (nSPS) is 11.7. The Labute approximate surface area is 199 Å². The van der Waals surface area contributed by atoms with Crippen molar-refractivity contribution in [2.24, 2.45) is 0 Å². The summed E-state index contributed by atoms with van der Waals surface area (Å²) in [6, 6.07) is 17.8. The van der Waals surface area contributed by atoms with Gasteiger partial charge in [0.25, 0.3) is 0 Å². The summed E-state index contributed by atoms with van der Waals surface area (Å²) >= 11 is 0. The fourth-order valence-electron chi connectivity index (χ4n) is 3.61. The molecule has 4 rings (SSSR count). The van der Waals surface area contributed by atoms with E-state index in [1.54, 1.807) is 6.08 Å². The zero-order chi connectivity index (χ0) is 25.0. The maximum Gasteiger partial charge on any atom is 0.450 e. The largest absolute Gasteiger partial charge is 0.493 e. The summed E-state index contributed by atoms with van der Waals surface area (Å²) in [4.78, 5) is 13.2. The number of hydrogen-bond acceptors (Lipinski definition) is 5. The van der Waals surface area contributed by atoms with Crippen LogP contribution in [0.3, 0.4) is 0 Å². The minimum absolute atomic E-state index is 0.00278. The van der Waals surface area contributed by atoms with Gasteiger partial charge in [-0.3, -0.25) is 4.79 Å². The fraction of sp³-hybridized carbons (Fsp3) is 0.148. The lowest BCUT2D eigenvalue weighted by atomic mass is 10.0. The van der Waals surface area contributed by atoms with Crippen molar-refractivity contribution in [3.05, 3.63) is 94.4 Å². The second kappa shape index (κ2) is 9.97. The topological polar surface area (TPSA) is 57.9 Å². The molecule has 3 aromatic carbocycles. The molecular weight excluding hydrogens is 461 g/mol. The molecule has 0 N–H and O–H groups in total. The third-order valence-corrected chi connectivity index (χ3v) is 5.25. The second-order valence-corrected chi connectivity index (χ2v) is 7.48. The lowest BCUT2D eigenvalue weighted by Gasteiger charge is -2.15. The van der Waals surface area contributed by atoms with Crippen molar-refractivity contribution in [2.45, 2.75) is 6.18 Å². The highest BCUT2D eigenvalue weighted by Gasteiger charge is 2.39. The molecule has 0 radical (unpaired) electrons. The molecular formula is C27H21F3O5. The number of rotatable bonds is 7. The highest BCUT2D eigenvalue weighted by molar-refractivity contribution is 5.84. The number of hydrogen-bond donors (Lipinski definition) is 0. The van der Waals surface area contributed by atoms with E-state index in [0.29, 0.717) is 5.75 Å². The Morgan fingerprint density at radius 3 is 2.34 bits per heavy atom. The van der Waals surface area contributed by atoms with Crippen molar-refractivity contribution in [3.63, 3.8) is 0 Å². The first-order chi connectivity index (χ1) is 16.8. The van der Waals surface area contributed by atoms with Crippen LogP contribution in [0.1, 0.15) is 11.3 Å². The fourth-order valence-corrected chi connectivity index (χ4v) is 3.61. The first kappa shape index (κ1) is 23.9. The van der Waals surface area contributed by atoms with Gasteiger partial charge in [0.15, 0.2) is 11.5 Å². The summed E-state index contributed by atoms with van der Waals surface area (Å²) in [5, 5.41) is -0.00466. The highest BCUT2D eigenvalue weighted by atomic mass is 19.4. The van der Waals surface area contributed by atoms with Crippen LogP contribution < -0.4 is 19.6 Å². The van der Waals surface area contributed by atoms with Crippen LogP contribution >= 0.6 is 0 Å². The molecule has 1 heterocycles. The Bertz CT molecular complexity index is 1420. The van der Waals surface area contributed by atoms with Crippen molar-refractivity contribution >= 4 is 17.0 Å². The van der Waals surface area contributed by atoms with E-state index in [1.165, 1.54) is 50.6 Å². The maximum absolute atomic E-state index is 14.0. The zero-order valence-electron chi connectivity index (χ0n) is 18.9. The van der Waals surface area contributed by atoms with Gasteiger partial charge in [-0.05, 0) is 41.5 Å². The minimum atomic E-state index is -4.91. The van der Waals surface area contributed by atoms with Gasteiger partial charge in [0, 0.05) is 6.07 Å². The van der Waals surface area contributed by atoms with Crippen LogP contribution in [0.4, 0.5) is 13.2 Å². The van der Waals surface area contributed by atoms with Crippen LogP contribution in [0.25, 0.3) is 28.2 Å². The molecule has 8 heteroatoms. The van der Waals surface area contributed by atoms with E-state index in [9.17, 15) is 18.0 Å². The predicted molar refractivity (Wildman–Crippen MR) is 127 cm³/mol. The lowest BCUT2D eigenvalue weighted by molar-refractivity contribution is -0.152. The molecule has 0 saturated heterocycles. The van der Waals surface area contributed by atoms with E-state index >= 15 is 0 Å². The zero-order valence-corrected chi connectivity index (χ0v) is 18.9. The van der Waals surface area contributed by atoms with Crippen molar-refractivity contribution < 1.29 is 31.8 Å². The number of halogens is 3. The molecule has 4 aromatic rings. The Balaban J connectivity index is 1.72. The minimum Gasteiger partial charge on any atom is -0.493 e. The first-order valence-corrected chi connectivity index (χ1v) is 10.6. The van der Waals surface area contributed by atoms with Crippen LogP contribution in [0.5, 0.6) is 17.2 Å². The van der Waals surface area contributed by atoms with Crippen LogP contribution in [0, 0.1) is 0 Å². The van der Waals surface area contributed by atoms with Crippen molar-refractivity contribution in [1.29, 1.82) is 0 Å². The van der Waals surface area contributed by atoms with E-state index in [2.05, 4.69) is 0 Å². The summed E-state index contributed by atoms with van der Waals surface area (Å²) in [7, 11) is 2.76. The van der Waals surface area contributed by atoms with Gasteiger partial charge in [-0.2, -0.15) is 13.2 Å². The second-order valence-electron chi connectivity index (χ2n) is 7.48. The Morgan fingerprint density at radius 2 is 1.66 bits per heavy atom. The van der Waals surface area contributed by atoms with Crippen LogP contribution in [-0.4, -0.2) is 20.8 Å². The van der Waals surface area contributed by atoms with E-state index < -0.39 is 22.9 Å². The molecule has 1 aromatic heterocycles. The Hall–Kier alpha value is -4.20. The molecule has 35 heavy (non-hydrogen) atoms. The maximum atomic E-state index is 14.0.